The highest BCUT2D eigenvalue weighted by molar-refractivity contribution is 7.92. The maximum Gasteiger partial charge on any atom is 0.373 e. The van der Waals surface area contributed by atoms with E-state index in [4.69, 9.17) is 25.9 Å². The molecule has 2 aliphatic rings. The Morgan fingerprint density at radius 2 is 1.67 bits per heavy atom. The van der Waals surface area contributed by atoms with Crippen molar-refractivity contribution in [1.82, 2.24) is 19.8 Å². The molecule has 0 atom stereocenters. The molecule has 0 unspecified atom stereocenters. The Kier molecular flexibility index (Phi) is 11.6. The van der Waals surface area contributed by atoms with E-state index in [-0.39, 0.29) is 22.2 Å². The van der Waals surface area contributed by atoms with Gasteiger partial charge < -0.3 is 20.3 Å². The topological polar surface area (TPSA) is 134 Å². The zero-order valence-electron chi connectivity index (χ0n) is 26.3. The van der Waals surface area contributed by atoms with E-state index in [1.807, 2.05) is 13.8 Å². The molecule has 3 aromatic rings. The van der Waals surface area contributed by atoms with Gasteiger partial charge in [0.05, 0.1) is 33.8 Å². The van der Waals surface area contributed by atoms with Crippen LogP contribution in [0.2, 0.25) is 5.02 Å². The van der Waals surface area contributed by atoms with Crippen LogP contribution < -0.4 is 15.4 Å². The summed E-state index contributed by atoms with van der Waals surface area (Å²) in [6, 6.07) is 11.6. The molecule has 0 aliphatic carbocycles. The van der Waals surface area contributed by atoms with Crippen molar-refractivity contribution in [3.8, 4) is 5.75 Å². The first-order valence-electron chi connectivity index (χ1n) is 15.1. The van der Waals surface area contributed by atoms with Gasteiger partial charge in [-0.15, -0.1) is 0 Å². The quantitative estimate of drug-likeness (QED) is 0.274. The number of hydrogen-bond donors (Lipinski definition) is 2. The number of halogens is 1. The van der Waals surface area contributed by atoms with Crippen LogP contribution in [0.15, 0.2) is 47.5 Å². The Labute approximate surface area is 270 Å². The van der Waals surface area contributed by atoms with Crippen LogP contribution in [0.4, 0.5) is 23.1 Å². The second kappa shape index (κ2) is 15.2. The smallest absolute Gasteiger partial charge is 0.373 e. The number of carbonyl (C=O) groups excluding carboxylic acids is 2. The van der Waals surface area contributed by atoms with Crippen molar-refractivity contribution in [2.24, 2.45) is 0 Å². The van der Waals surface area contributed by atoms with Crippen LogP contribution in [0.5, 0.6) is 5.75 Å². The maximum absolute atomic E-state index is 13.0. The molecule has 0 spiro atoms. The highest BCUT2D eigenvalue weighted by Gasteiger charge is 2.30. The van der Waals surface area contributed by atoms with E-state index in [2.05, 4.69) is 49.5 Å². The van der Waals surface area contributed by atoms with Gasteiger partial charge in [0.15, 0.2) is 15.7 Å². The minimum Gasteiger partial charge on any atom is -0.489 e. The van der Waals surface area contributed by atoms with Gasteiger partial charge in [0.25, 0.3) is 0 Å². The van der Waals surface area contributed by atoms with Crippen LogP contribution in [0, 0.1) is 0 Å². The van der Waals surface area contributed by atoms with Crippen molar-refractivity contribution in [3.63, 3.8) is 0 Å². The predicted molar refractivity (Wildman–Crippen MR) is 174 cm³/mol. The van der Waals surface area contributed by atoms with Gasteiger partial charge >= 0.3 is 6.15 Å². The van der Waals surface area contributed by atoms with Gasteiger partial charge in [-0.1, -0.05) is 30.7 Å². The molecule has 2 aliphatic heterocycles. The van der Waals surface area contributed by atoms with Crippen LogP contribution in [0.3, 0.4) is 0 Å². The van der Waals surface area contributed by atoms with Crippen molar-refractivity contribution in [2.75, 3.05) is 30.3 Å². The van der Waals surface area contributed by atoms with E-state index in [1.54, 1.807) is 38.1 Å². The van der Waals surface area contributed by atoms with Crippen LogP contribution in [-0.4, -0.2) is 71.4 Å². The molecule has 3 heterocycles. The Balaban J connectivity index is 0.00000148. The van der Waals surface area contributed by atoms with Crippen molar-refractivity contribution >= 4 is 50.7 Å². The SMILES string of the molecule is CCN1CCC(N2Cc3cc(Nc4ncc(Cl)c(Nc5ccccc5S(=O)(=O)C(C)C)n4)c(OC(C)C)cc3C2)CC1.O=C=O. The van der Waals surface area contributed by atoms with Gasteiger partial charge in [-0.2, -0.15) is 14.6 Å². The van der Waals surface area contributed by atoms with Crippen LogP contribution >= 0.6 is 11.6 Å². The monoisotopic (exact) mass is 656 g/mol. The summed E-state index contributed by atoms with van der Waals surface area (Å²) in [7, 11) is -3.53. The van der Waals surface area contributed by atoms with Gasteiger partial charge in [0.2, 0.25) is 5.95 Å². The minimum atomic E-state index is -3.53. The van der Waals surface area contributed by atoms with Gasteiger partial charge in [0, 0.05) is 19.1 Å². The zero-order valence-corrected chi connectivity index (χ0v) is 27.9. The molecule has 5 rings (SSSR count). The van der Waals surface area contributed by atoms with E-state index in [1.165, 1.54) is 30.2 Å². The first-order valence-corrected chi connectivity index (χ1v) is 17.1. The van der Waals surface area contributed by atoms with E-state index in [0.29, 0.717) is 23.5 Å². The average molecular weight is 657 g/mol. The molecule has 242 valence electrons. The highest BCUT2D eigenvalue weighted by atomic mass is 35.5. The number of aromatic nitrogens is 2. The van der Waals surface area contributed by atoms with Gasteiger partial charge in [-0.3, -0.25) is 4.90 Å². The predicted octanol–water partition coefficient (Wildman–Crippen LogP) is 5.80. The van der Waals surface area contributed by atoms with Gasteiger partial charge in [-0.25, -0.2) is 13.4 Å². The van der Waals surface area contributed by atoms with E-state index in [9.17, 15) is 8.42 Å². The molecule has 0 bridgehead atoms. The van der Waals surface area contributed by atoms with Crippen molar-refractivity contribution < 1.29 is 22.7 Å². The fraction of sp³-hybridized carbons (Fsp3) is 0.469. The third kappa shape index (κ3) is 8.39. The summed E-state index contributed by atoms with van der Waals surface area (Å²) in [6.45, 7) is 14.8. The molecule has 1 aromatic heterocycles. The number of nitrogens with zero attached hydrogens (tertiary/aromatic N) is 4. The lowest BCUT2D eigenvalue weighted by Crippen LogP contribution is -2.42. The fourth-order valence-corrected chi connectivity index (χ4v) is 6.94. The number of rotatable bonds is 10. The molecule has 2 N–H and O–H groups in total. The van der Waals surface area contributed by atoms with E-state index < -0.39 is 15.1 Å². The zero-order chi connectivity index (χ0) is 32.7. The third-order valence-electron chi connectivity index (χ3n) is 7.99. The molecule has 0 saturated carbocycles. The summed E-state index contributed by atoms with van der Waals surface area (Å²) in [5.74, 6) is 1.37. The Morgan fingerprint density at radius 3 is 2.29 bits per heavy atom. The summed E-state index contributed by atoms with van der Waals surface area (Å²) in [5.41, 5.74) is 3.74. The van der Waals surface area contributed by atoms with Crippen LogP contribution in [0.25, 0.3) is 0 Å². The number of sulfone groups is 1. The summed E-state index contributed by atoms with van der Waals surface area (Å²) in [5, 5.41) is 6.17. The van der Waals surface area contributed by atoms with Crippen molar-refractivity contribution in [1.29, 1.82) is 0 Å². The number of hydrogen-bond acceptors (Lipinski definition) is 11. The molecule has 1 fully saturated rings. The van der Waals surface area contributed by atoms with Gasteiger partial charge in [-0.05, 0) is 95.6 Å². The molecule has 45 heavy (non-hydrogen) atoms. The number of benzene rings is 2. The first-order chi connectivity index (χ1) is 21.5. The lowest BCUT2D eigenvalue weighted by atomic mass is 10.0. The fourth-order valence-electron chi connectivity index (χ4n) is 5.60. The number of likely N-dealkylation sites (tertiary alicyclic amines) is 1. The average Bonchev–Trinajstić information content (AvgIpc) is 3.42. The number of fused-ring (bicyclic) bond motifs is 1. The molecule has 0 amide bonds. The lowest BCUT2D eigenvalue weighted by molar-refractivity contribution is -0.191. The Hall–Kier alpha value is -3.54. The van der Waals surface area contributed by atoms with Crippen molar-refractivity contribution in [2.45, 2.75) is 82.8 Å². The van der Waals surface area contributed by atoms with Crippen LogP contribution in [-0.2, 0) is 32.5 Å². The number of piperidine rings is 1. The molecule has 11 nitrogen and oxygen atoms in total. The summed E-state index contributed by atoms with van der Waals surface area (Å²) in [6.07, 6.45) is 4.12. The molecule has 2 aromatic carbocycles. The molecular weight excluding hydrogens is 616 g/mol. The molecule has 13 heteroatoms. The molecular formula is C32H41ClN6O5S. The Morgan fingerprint density at radius 1 is 1.02 bits per heavy atom. The maximum atomic E-state index is 13.0. The van der Waals surface area contributed by atoms with E-state index in [0.717, 1.165) is 44.2 Å². The van der Waals surface area contributed by atoms with Gasteiger partial charge in [0.1, 0.15) is 10.8 Å². The summed E-state index contributed by atoms with van der Waals surface area (Å²) < 4.78 is 32.2. The van der Waals surface area contributed by atoms with Crippen LogP contribution in [0.1, 0.15) is 58.6 Å². The second-order valence-electron chi connectivity index (χ2n) is 11.7. The molecule has 1 saturated heterocycles. The minimum absolute atomic E-state index is 0.0118. The normalized spacial score (nSPS) is 15.7. The number of anilines is 4. The van der Waals surface area contributed by atoms with E-state index >= 15 is 0 Å². The molecule has 0 radical (unpaired) electrons. The second-order valence-corrected chi connectivity index (χ2v) is 14.5. The first kappa shape index (κ1) is 34.3. The lowest BCUT2D eigenvalue weighted by Gasteiger charge is -2.36. The third-order valence-corrected chi connectivity index (χ3v) is 10.5. The number of nitrogens with one attached hydrogen (secondary N) is 2. The number of ether oxygens (including phenoxy) is 1. The van der Waals surface area contributed by atoms with Crippen molar-refractivity contribution in [3.05, 3.63) is 58.7 Å². The largest absolute Gasteiger partial charge is 0.489 e. The summed E-state index contributed by atoms with van der Waals surface area (Å²) in [4.78, 5) is 30.6. The standard InChI is InChI=1S/C31H41ClN6O3S.CO2/c1-6-37-13-11-24(12-14-37)38-18-22-15-27(28(41-20(2)3)16-23(22)19-38)35-31-33-17-25(32)30(36-31)34-26-9-7-8-10-29(26)42(39,40)21(4)5;2-1-3/h7-10,15-17,20-21,24H,6,11-14,18-19H2,1-5H3,(H2,33,34,35,36);. The highest BCUT2D eigenvalue weighted by Crippen LogP contribution is 2.38. The Bertz CT molecular complexity index is 1620. The number of para-hydroxylation sites is 1. The summed E-state index contributed by atoms with van der Waals surface area (Å²) >= 11 is 6.47.